The number of hydrogen-bond acceptors (Lipinski definition) is 1. The van der Waals surface area contributed by atoms with Crippen molar-refractivity contribution in [2.75, 3.05) is 0 Å². The van der Waals surface area contributed by atoms with E-state index in [2.05, 4.69) is 62.5 Å². The highest BCUT2D eigenvalue weighted by atomic mass is 35.5. The van der Waals surface area contributed by atoms with Gasteiger partial charge in [-0.15, -0.1) is 0 Å². The molecule has 0 spiro atoms. The predicted molar refractivity (Wildman–Crippen MR) is 87.2 cm³/mol. The van der Waals surface area contributed by atoms with E-state index >= 15 is 0 Å². The second kappa shape index (κ2) is 6.92. The predicted octanol–water partition coefficient (Wildman–Crippen LogP) is 5.31. The van der Waals surface area contributed by atoms with Gasteiger partial charge in [-0.05, 0) is 49.1 Å². The lowest BCUT2D eigenvalue weighted by Crippen LogP contribution is -2.22. The molecule has 0 radical (unpaired) electrons. The summed E-state index contributed by atoms with van der Waals surface area (Å²) < 4.78 is 0. The molecule has 20 heavy (non-hydrogen) atoms. The summed E-state index contributed by atoms with van der Waals surface area (Å²) in [5.74, 6) is 0. The van der Waals surface area contributed by atoms with Gasteiger partial charge in [0, 0.05) is 17.1 Å². The standard InChI is InChI=1S/C18H22ClN/c1-4-15-5-7-16(8-6-15)13(2)20-14(3)17-9-11-18(19)12-10-17/h5-14,20H,4H2,1-3H3. The summed E-state index contributed by atoms with van der Waals surface area (Å²) >= 11 is 5.93. The highest BCUT2D eigenvalue weighted by Crippen LogP contribution is 2.21. The van der Waals surface area contributed by atoms with Crippen LogP contribution in [-0.2, 0) is 6.42 Å². The summed E-state index contributed by atoms with van der Waals surface area (Å²) in [6.45, 7) is 6.56. The summed E-state index contributed by atoms with van der Waals surface area (Å²) in [5, 5.41) is 4.41. The molecular weight excluding hydrogens is 266 g/mol. The Morgan fingerprint density at radius 3 is 1.75 bits per heavy atom. The summed E-state index contributed by atoms with van der Waals surface area (Å²) in [4.78, 5) is 0. The molecule has 0 heterocycles. The monoisotopic (exact) mass is 287 g/mol. The van der Waals surface area contributed by atoms with Crippen molar-refractivity contribution in [2.45, 2.75) is 39.3 Å². The van der Waals surface area contributed by atoms with Gasteiger partial charge >= 0.3 is 0 Å². The van der Waals surface area contributed by atoms with Crippen molar-refractivity contribution in [1.82, 2.24) is 5.32 Å². The lowest BCUT2D eigenvalue weighted by atomic mass is 10.0. The minimum absolute atomic E-state index is 0.299. The molecule has 2 aromatic rings. The number of benzene rings is 2. The Bertz CT molecular complexity index is 530. The largest absolute Gasteiger partial charge is 0.304 e. The molecule has 0 saturated heterocycles. The minimum Gasteiger partial charge on any atom is -0.304 e. The third-order valence-corrected chi connectivity index (χ3v) is 4.01. The van der Waals surface area contributed by atoms with Crippen LogP contribution in [0, 0.1) is 0 Å². The van der Waals surface area contributed by atoms with Crippen molar-refractivity contribution >= 4 is 11.6 Å². The first-order valence-corrected chi connectivity index (χ1v) is 7.58. The van der Waals surface area contributed by atoms with Gasteiger partial charge in [0.1, 0.15) is 0 Å². The Balaban J connectivity index is 2.02. The van der Waals surface area contributed by atoms with E-state index in [-0.39, 0.29) is 0 Å². The lowest BCUT2D eigenvalue weighted by Gasteiger charge is -2.21. The fourth-order valence-electron chi connectivity index (χ4n) is 2.36. The van der Waals surface area contributed by atoms with E-state index in [9.17, 15) is 0 Å². The van der Waals surface area contributed by atoms with Crippen LogP contribution in [0.3, 0.4) is 0 Å². The van der Waals surface area contributed by atoms with Gasteiger partial charge in [0.25, 0.3) is 0 Å². The number of hydrogen-bond donors (Lipinski definition) is 1. The van der Waals surface area contributed by atoms with E-state index in [4.69, 9.17) is 11.6 Å². The van der Waals surface area contributed by atoms with Crippen LogP contribution in [0.5, 0.6) is 0 Å². The maximum absolute atomic E-state index is 5.93. The van der Waals surface area contributed by atoms with E-state index in [1.54, 1.807) is 0 Å². The van der Waals surface area contributed by atoms with Crippen molar-refractivity contribution in [1.29, 1.82) is 0 Å². The van der Waals surface area contributed by atoms with Crippen LogP contribution < -0.4 is 5.32 Å². The first-order valence-electron chi connectivity index (χ1n) is 7.20. The molecule has 1 N–H and O–H groups in total. The van der Waals surface area contributed by atoms with E-state index in [1.165, 1.54) is 16.7 Å². The average Bonchev–Trinajstić information content (AvgIpc) is 2.48. The van der Waals surface area contributed by atoms with Crippen LogP contribution in [0.1, 0.15) is 49.5 Å². The molecule has 2 rings (SSSR count). The molecule has 1 nitrogen and oxygen atoms in total. The number of rotatable bonds is 5. The summed E-state index contributed by atoms with van der Waals surface area (Å²) in [6.07, 6.45) is 1.09. The van der Waals surface area contributed by atoms with Crippen molar-refractivity contribution in [3.8, 4) is 0 Å². The molecule has 2 aromatic carbocycles. The van der Waals surface area contributed by atoms with E-state index in [0.717, 1.165) is 11.4 Å². The SMILES string of the molecule is CCc1ccc(C(C)NC(C)c2ccc(Cl)cc2)cc1. The van der Waals surface area contributed by atoms with Gasteiger partial charge in [-0.1, -0.05) is 54.9 Å². The third-order valence-electron chi connectivity index (χ3n) is 3.76. The summed E-state index contributed by atoms with van der Waals surface area (Å²) in [7, 11) is 0. The van der Waals surface area contributed by atoms with Crippen LogP contribution in [0.15, 0.2) is 48.5 Å². The molecule has 0 aliphatic rings. The molecule has 0 fully saturated rings. The third kappa shape index (κ3) is 3.84. The highest BCUT2D eigenvalue weighted by molar-refractivity contribution is 6.30. The van der Waals surface area contributed by atoms with Gasteiger partial charge in [0.15, 0.2) is 0 Å². The molecule has 106 valence electrons. The van der Waals surface area contributed by atoms with Gasteiger partial charge in [-0.2, -0.15) is 0 Å². The first-order chi connectivity index (χ1) is 9.60. The topological polar surface area (TPSA) is 12.0 Å². The molecule has 0 aliphatic heterocycles. The zero-order valence-corrected chi connectivity index (χ0v) is 13.1. The van der Waals surface area contributed by atoms with Gasteiger partial charge in [0.2, 0.25) is 0 Å². The number of nitrogens with one attached hydrogen (secondary N) is 1. The molecule has 0 amide bonds. The molecule has 2 heteroatoms. The summed E-state index contributed by atoms with van der Waals surface area (Å²) in [5.41, 5.74) is 3.96. The number of halogens is 1. The molecule has 2 unspecified atom stereocenters. The van der Waals surface area contributed by atoms with Crippen LogP contribution in [0.25, 0.3) is 0 Å². The fraction of sp³-hybridized carbons (Fsp3) is 0.333. The number of aryl methyl sites for hydroxylation is 1. The maximum Gasteiger partial charge on any atom is 0.0406 e. The second-order valence-electron chi connectivity index (χ2n) is 5.26. The minimum atomic E-state index is 0.299. The van der Waals surface area contributed by atoms with E-state index in [1.807, 2.05) is 12.1 Å². The maximum atomic E-state index is 5.93. The van der Waals surface area contributed by atoms with Gasteiger partial charge in [0.05, 0.1) is 0 Å². The van der Waals surface area contributed by atoms with Crippen molar-refractivity contribution in [3.05, 3.63) is 70.2 Å². The molecule has 0 aliphatic carbocycles. The lowest BCUT2D eigenvalue weighted by molar-refractivity contribution is 0.494. The van der Waals surface area contributed by atoms with E-state index < -0.39 is 0 Å². The Kier molecular flexibility index (Phi) is 5.22. The zero-order chi connectivity index (χ0) is 14.5. The Labute approximate surface area is 127 Å². The highest BCUT2D eigenvalue weighted by Gasteiger charge is 2.11. The van der Waals surface area contributed by atoms with Gasteiger partial charge in [-0.25, -0.2) is 0 Å². The normalized spacial score (nSPS) is 14.0. The van der Waals surface area contributed by atoms with E-state index in [0.29, 0.717) is 12.1 Å². The van der Waals surface area contributed by atoms with Crippen molar-refractivity contribution in [3.63, 3.8) is 0 Å². The molecule has 0 bridgehead atoms. The fourth-order valence-corrected chi connectivity index (χ4v) is 2.49. The molecule has 0 saturated carbocycles. The smallest absolute Gasteiger partial charge is 0.0406 e. The first kappa shape index (κ1) is 15.1. The average molecular weight is 288 g/mol. The molecular formula is C18H22ClN. The quantitative estimate of drug-likeness (QED) is 0.785. The van der Waals surface area contributed by atoms with Crippen LogP contribution >= 0.6 is 11.6 Å². The van der Waals surface area contributed by atoms with Crippen molar-refractivity contribution in [2.24, 2.45) is 0 Å². The van der Waals surface area contributed by atoms with Crippen molar-refractivity contribution < 1.29 is 0 Å². The van der Waals surface area contributed by atoms with Crippen LogP contribution in [0.2, 0.25) is 5.02 Å². The Hall–Kier alpha value is -1.31. The Morgan fingerprint density at radius 1 is 0.850 bits per heavy atom. The van der Waals surface area contributed by atoms with Gasteiger partial charge < -0.3 is 5.32 Å². The summed E-state index contributed by atoms with van der Waals surface area (Å²) in [6, 6.07) is 17.5. The molecule has 0 aromatic heterocycles. The Morgan fingerprint density at radius 2 is 1.30 bits per heavy atom. The van der Waals surface area contributed by atoms with Gasteiger partial charge in [-0.3, -0.25) is 0 Å². The zero-order valence-electron chi connectivity index (χ0n) is 12.4. The second-order valence-corrected chi connectivity index (χ2v) is 5.69. The van der Waals surface area contributed by atoms with Crippen LogP contribution in [-0.4, -0.2) is 0 Å². The molecule has 2 atom stereocenters. The van der Waals surface area contributed by atoms with Crippen LogP contribution in [0.4, 0.5) is 0 Å².